The lowest BCUT2D eigenvalue weighted by Crippen LogP contribution is -2.52. The van der Waals surface area contributed by atoms with Crippen molar-refractivity contribution in [2.45, 2.75) is 17.4 Å². The number of hydrogen-bond donors (Lipinski definition) is 0. The van der Waals surface area contributed by atoms with Crippen LogP contribution in [0.25, 0.3) is 0 Å². The number of halogens is 2. The minimum absolute atomic E-state index is 0.0104. The highest BCUT2D eigenvalue weighted by molar-refractivity contribution is 7.91. The number of nitrogens with zero attached hydrogens (tertiary/aromatic N) is 2. The van der Waals surface area contributed by atoms with E-state index in [0.717, 1.165) is 0 Å². The molecule has 0 spiro atoms. The van der Waals surface area contributed by atoms with Gasteiger partial charge in [0.05, 0.1) is 21.6 Å². The van der Waals surface area contributed by atoms with Gasteiger partial charge in [0.15, 0.2) is 9.84 Å². The van der Waals surface area contributed by atoms with E-state index in [-0.39, 0.29) is 32.5 Å². The smallest absolute Gasteiger partial charge is 0.246 e. The number of sulfonamides is 1. The van der Waals surface area contributed by atoms with Crippen LogP contribution in [0.15, 0.2) is 23.1 Å². The molecule has 1 aromatic carbocycles. The Balaban J connectivity index is 1.72. The summed E-state index contributed by atoms with van der Waals surface area (Å²) in [5, 5.41) is 0.207. The minimum atomic E-state index is -3.77. The molecule has 0 unspecified atom stereocenters. The zero-order chi connectivity index (χ0) is 17.5. The second kappa shape index (κ2) is 6.74. The van der Waals surface area contributed by atoms with Gasteiger partial charge in [-0.3, -0.25) is 4.90 Å². The van der Waals surface area contributed by atoms with Crippen molar-refractivity contribution in [1.82, 2.24) is 9.21 Å². The molecule has 0 radical (unpaired) electrons. The molecule has 1 atom stereocenters. The van der Waals surface area contributed by atoms with Crippen molar-refractivity contribution in [3.8, 4) is 0 Å². The normalized spacial score (nSPS) is 25.8. The van der Waals surface area contributed by atoms with Crippen molar-refractivity contribution in [1.29, 1.82) is 0 Å². The number of rotatable bonds is 3. The van der Waals surface area contributed by atoms with E-state index < -0.39 is 19.9 Å². The molecule has 6 nitrogen and oxygen atoms in total. The molecule has 0 bridgehead atoms. The fraction of sp³-hybridized carbons (Fsp3) is 0.571. The number of hydrogen-bond acceptors (Lipinski definition) is 5. The van der Waals surface area contributed by atoms with Gasteiger partial charge in [-0.05, 0) is 18.6 Å². The first kappa shape index (κ1) is 18.4. The maximum Gasteiger partial charge on any atom is 0.246 e. The van der Waals surface area contributed by atoms with E-state index in [1.807, 2.05) is 0 Å². The van der Waals surface area contributed by atoms with Crippen LogP contribution in [0.4, 0.5) is 0 Å². The van der Waals surface area contributed by atoms with E-state index in [0.29, 0.717) is 32.6 Å². The summed E-state index contributed by atoms with van der Waals surface area (Å²) < 4.78 is 50.2. The van der Waals surface area contributed by atoms with Gasteiger partial charge in [0.2, 0.25) is 10.0 Å². The Morgan fingerprint density at radius 1 is 1.04 bits per heavy atom. The van der Waals surface area contributed by atoms with E-state index in [4.69, 9.17) is 23.2 Å². The summed E-state index contributed by atoms with van der Waals surface area (Å²) in [6.07, 6.45) is 0.616. The number of benzene rings is 1. The highest BCUT2D eigenvalue weighted by atomic mass is 35.5. The first-order valence-corrected chi connectivity index (χ1v) is 11.6. The van der Waals surface area contributed by atoms with Crippen molar-refractivity contribution in [3.63, 3.8) is 0 Å². The van der Waals surface area contributed by atoms with Crippen molar-refractivity contribution in [2.24, 2.45) is 0 Å². The Hall–Kier alpha value is -0.380. The molecule has 0 aliphatic carbocycles. The summed E-state index contributed by atoms with van der Waals surface area (Å²) in [5.74, 6) is 0.376. The molecule has 0 amide bonds. The molecule has 2 fully saturated rings. The fourth-order valence-electron chi connectivity index (χ4n) is 3.23. The molecule has 134 valence electrons. The molecule has 0 saturated carbocycles. The van der Waals surface area contributed by atoms with Crippen molar-refractivity contribution in [3.05, 3.63) is 28.2 Å². The van der Waals surface area contributed by atoms with Crippen LogP contribution >= 0.6 is 23.2 Å². The predicted octanol–water partition coefficient (Wildman–Crippen LogP) is 1.49. The third kappa shape index (κ3) is 3.59. The van der Waals surface area contributed by atoms with E-state index in [1.54, 1.807) is 6.07 Å². The summed E-state index contributed by atoms with van der Waals surface area (Å²) in [6, 6.07) is 4.59. The minimum Gasteiger partial charge on any atom is -0.297 e. The zero-order valence-corrected chi connectivity index (χ0v) is 16.0. The monoisotopic (exact) mass is 412 g/mol. The van der Waals surface area contributed by atoms with Crippen LogP contribution in [0.3, 0.4) is 0 Å². The lowest BCUT2D eigenvalue weighted by Gasteiger charge is -2.37. The third-order valence-electron chi connectivity index (χ3n) is 4.51. The molecule has 2 aliphatic heterocycles. The van der Waals surface area contributed by atoms with Gasteiger partial charge in [0, 0.05) is 32.2 Å². The molecule has 10 heteroatoms. The Morgan fingerprint density at radius 2 is 1.62 bits per heavy atom. The van der Waals surface area contributed by atoms with Crippen LogP contribution in [-0.2, 0) is 19.9 Å². The van der Waals surface area contributed by atoms with Gasteiger partial charge < -0.3 is 0 Å². The molecule has 0 N–H and O–H groups in total. The largest absolute Gasteiger partial charge is 0.297 e. The molecular formula is C14H18Cl2N2O4S2. The Kier molecular flexibility index (Phi) is 5.17. The summed E-state index contributed by atoms with van der Waals surface area (Å²) in [4.78, 5) is 2.00. The SMILES string of the molecule is O=S1(=O)CC[C@H](N2CCN(S(=O)(=O)c3c(Cl)cccc3Cl)CC2)C1. The van der Waals surface area contributed by atoms with Crippen LogP contribution in [-0.4, -0.2) is 69.8 Å². The van der Waals surface area contributed by atoms with E-state index in [2.05, 4.69) is 4.90 Å². The third-order valence-corrected chi connectivity index (χ3v) is 9.12. The van der Waals surface area contributed by atoms with Crippen molar-refractivity contribution in [2.75, 3.05) is 37.7 Å². The van der Waals surface area contributed by atoms with Crippen molar-refractivity contribution < 1.29 is 16.8 Å². The highest BCUT2D eigenvalue weighted by Crippen LogP contribution is 2.32. The van der Waals surface area contributed by atoms with Gasteiger partial charge >= 0.3 is 0 Å². The molecule has 1 aromatic rings. The van der Waals surface area contributed by atoms with E-state index in [9.17, 15) is 16.8 Å². The lowest BCUT2D eigenvalue weighted by molar-refractivity contribution is 0.148. The van der Waals surface area contributed by atoms with Crippen LogP contribution < -0.4 is 0 Å². The Morgan fingerprint density at radius 3 is 2.12 bits per heavy atom. The van der Waals surface area contributed by atoms with Crippen molar-refractivity contribution >= 4 is 43.1 Å². The van der Waals surface area contributed by atoms with E-state index >= 15 is 0 Å². The fourth-order valence-corrected chi connectivity index (χ4v) is 7.51. The maximum absolute atomic E-state index is 12.8. The second-order valence-corrected chi connectivity index (χ2v) is 11.0. The summed E-state index contributed by atoms with van der Waals surface area (Å²) >= 11 is 12.1. The van der Waals surface area contributed by atoms with Gasteiger partial charge in [-0.2, -0.15) is 4.31 Å². The summed E-state index contributed by atoms with van der Waals surface area (Å²) in [6.45, 7) is 1.59. The molecular weight excluding hydrogens is 395 g/mol. The van der Waals surface area contributed by atoms with E-state index in [1.165, 1.54) is 16.4 Å². The first-order valence-electron chi connectivity index (χ1n) is 7.59. The topological polar surface area (TPSA) is 74.8 Å². The van der Waals surface area contributed by atoms with Gasteiger partial charge in [-0.25, -0.2) is 16.8 Å². The first-order chi connectivity index (χ1) is 11.2. The Labute approximate surface area is 152 Å². The van der Waals surface area contributed by atoms with Crippen LogP contribution in [0, 0.1) is 0 Å². The Bertz CT molecular complexity index is 814. The predicted molar refractivity (Wildman–Crippen MR) is 93.9 cm³/mol. The lowest BCUT2D eigenvalue weighted by atomic mass is 10.2. The standard InChI is InChI=1S/C14H18Cl2N2O4S2/c15-12-2-1-3-13(16)14(12)24(21,22)18-7-5-17(6-8-18)11-4-9-23(19,20)10-11/h1-3,11H,4-10H2/t11-/m0/s1. The maximum atomic E-state index is 12.8. The summed E-state index contributed by atoms with van der Waals surface area (Å²) in [7, 11) is -6.72. The highest BCUT2D eigenvalue weighted by Gasteiger charge is 2.37. The van der Waals surface area contributed by atoms with Gasteiger partial charge in [0.25, 0.3) is 0 Å². The molecule has 24 heavy (non-hydrogen) atoms. The van der Waals surface area contributed by atoms with Crippen LogP contribution in [0.1, 0.15) is 6.42 Å². The van der Waals surface area contributed by atoms with Crippen LogP contribution in [0.2, 0.25) is 10.0 Å². The molecule has 3 rings (SSSR count). The number of piperazine rings is 1. The average molecular weight is 413 g/mol. The van der Waals surface area contributed by atoms with Gasteiger partial charge in [-0.15, -0.1) is 0 Å². The van der Waals surface area contributed by atoms with Gasteiger partial charge in [-0.1, -0.05) is 29.3 Å². The quantitative estimate of drug-likeness (QED) is 0.751. The zero-order valence-electron chi connectivity index (χ0n) is 12.9. The number of sulfone groups is 1. The summed E-state index contributed by atoms with van der Waals surface area (Å²) in [5.41, 5.74) is 0. The van der Waals surface area contributed by atoms with Gasteiger partial charge in [0.1, 0.15) is 4.90 Å². The average Bonchev–Trinajstić information content (AvgIpc) is 2.87. The van der Waals surface area contributed by atoms with Crippen LogP contribution in [0.5, 0.6) is 0 Å². The molecule has 2 aliphatic rings. The second-order valence-electron chi connectivity index (χ2n) is 6.05. The molecule has 2 saturated heterocycles. The molecule has 0 aromatic heterocycles. The molecule has 2 heterocycles.